The Morgan fingerprint density at radius 2 is 1.93 bits per heavy atom. The van der Waals surface area contributed by atoms with Gasteiger partial charge in [-0.1, -0.05) is 6.07 Å². The predicted molar refractivity (Wildman–Crippen MR) is 93.5 cm³/mol. The van der Waals surface area contributed by atoms with E-state index < -0.39 is 24.5 Å². The van der Waals surface area contributed by atoms with Gasteiger partial charge in [-0.15, -0.1) is 0 Å². The van der Waals surface area contributed by atoms with Gasteiger partial charge in [0.1, 0.15) is 12.3 Å². The van der Waals surface area contributed by atoms with E-state index in [-0.39, 0.29) is 22.8 Å². The van der Waals surface area contributed by atoms with Crippen LogP contribution in [0.2, 0.25) is 0 Å². The first-order chi connectivity index (χ1) is 13.2. The lowest BCUT2D eigenvalue weighted by atomic mass is 9.94. The van der Waals surface area contributed by atoms with Crippen molar-refractivity contribution in [2.45, 2.75) is 32.4 Å². The molecule has 2 amide bonds. The fourth-order valence-corrected chi connectivity index (χ4v) is 3.07. The average molecular weight is 394 g/mol. The van der Waals surface area contributed by atoms with Crippen LogP contribution in [0.25, 0.3) is 0 Å². The van der Waals surface area contributed by atoms with Crippen LogP contribution in [0.3, 0.4) is 0 Å². The van der Waals surface area contributed by atoms with Gasteiger partial charge in [-0.3, -0.25) is 14.4 Å². The summed E-state index contributed by atoms with van der Waals surface area (Å²) < 4.78 is 42.2. The molecule has 0 bridgehead atoms. The van der Waals surface area contributed by atoms with Crippen LogP contribution < -0.4 is 10.6 Å². The lowest BCUT2D eigenvalue weighted by Crippen LogP contribution is -2.33. The Hall–Kier alpha value is -3.10. The highest BCUT2D eigenvalue weighted by molar-refractivity contribution is 6.08. The Balaban J connectivity index is 1.75. The molecule has 3 rings (SSSR count). The summed E-state index contributed by atoms with van der Waals surface area (Å²) in [4.78, 5) is 36.4. The number of benzene rings is 1. The summed E-state index contributed by atoms with van der Waals surface area (Å²) in [6, 6.07) is 5.51. The molecule has 1 aliphatic carbocycles. The van der Waals surface area contributed by atoms with E-state index in [1.165, 1.54) is 24.3 Å². The van der Waals surface area contributed by atoms with Gasteiger partial charge in [-0.05, 0) is 31.5 Å². The molecule has 1 heterocycles. The highest BCUT2D eigenvalue weighted by Gasteiger charge is 2.29. The molecular formula is C19H17F3N2O4. The molecular weight excluding hydrogens is 377 g/mol. The number of fused-ring (bicyclic) bond motifs is 1. The summed E-state index contributed by atoms with van der Waals surface area (Å²) in [5, 5.41) is 4.31. The smallest absolute Gasteiger partial charge is 0.405 e. The van der Waals surface area contributed by atoms with Crippen LogP contribution in [-0.2, 0) is 6.42 Å². The number of hydrogen-bond donors (Lipinski definition) is 2. The van der Waals surface area contributed by atoms with Crippen molar-refractivity contribution < 1.29 is 32.0 Å². The number of carbonyl (C=O) groups is 3. The molecule has 0 saturated carbocycles. The van der Waals surface area contributed by atoms with E-state index in [9.17, 15) is 27.6 Å². The number of ketones is 1. The van der Waals surface area contributed by atoms with Crippen molar-refractivity contribution in [2.75, 3.05) is 11.9 Å². The molecule has 6 nitrogen and oxygen atoms in total. The van der Waals surface area contributed by atoms with Crippen molar-refractivity contribution in [3.63, 3.8) is 0 Å². The van der Waals surface area contributed by atoms with E-state index >= 15 is 0 Å². The van der Waals surface area contributed by atoms with E-state index in [0.717, 1.165) is 0 Å². The maximum atomic E-state index is 12.5. The Bertz CT molecular complexity index is 947. The molecule has 0 fully saturated rings. The first kappa shape index (κ1) is 19.7. The number of nitrogens with one attached hydrogen (secondary N) is 2. The Morgan fingerprint density at radius 1 is 1.18 bits per heavy atom. The second-order valence-corrected chi connectivity index (χ2v) is 6.46. The van der Waals surface area contributed by atoms with Crippen LogP contribution in [0.4, 0.5) is 18.9 Å². The molecule has 148 valence electrons. The fourth-order valence-electron chi connectivity index (χ4n) is 3.07. The van der Waals surface area contributed by atoms with Gasteiger partial charge in [0.05, 0.1) is 5.56 Å². The number of carbonyl (C=O) groups excluding carboxylic acids is 3. The Morgan fingerprint density at radius 3 is 2.61 bits per heavy atom. The zero-order chi connectivity index (χ0) is 20.5. The summed E-state index contributed by atoms with van der Waals surface area (Å²) in [6.45, 7) is 0.176. The topological polar surface area (TPSA) is 88.4 Å². The number of alkyl halides is 3. The monoisotopic (exact) mass is 394 g/mol. The highest BCUT2D eigenvalue weighted by atomic mass is 19.4. The molecule has 0 unspecified atom stereocenters. The van der Waals surface area contributed by atoms with Gasteiger partial charge in [-0.2, -0.15) is 13.2 Å². The van der Waals surface area contributed by atoms with Crippen molar-refractivity contribution in [1.82, 2.24) is 5.32 Å². The number of hydrogen-bond acceptors (Lipinski definition) is 4. The first-order valence-corrected chi connectivity index (χ1v) is 8.57. The highest BCUT2D eigenvalue weighted by Crippen LogP contribution is 2.29. The molecule has 2 aromatic rings. The molecule has 0 atom stereocenters. The molecule has 0 radical (unpaired) electrons. The van der Waals surface area contributed by atoms with Crippen LogP contribution in [0.1, 0.15) is 55.4 Å². The van der Waals surface area contributed by atoms with Crippen LogP contribution in [0, 0.1) is 6.92 Å². The minimum atomic E-state index is -4.52. The second kappa shape index (κ2) is 7.49. The number of amides is 2. The molecule has 9 heteroatoms. The molecule has 28 heavy (non-hydrogen) atoms. The van der Waals surface area contributed by atoms with Crippen molar-refractivity contribution in [3.8, 4) is 0 Å². The van der Waals surface area contributed by atoms with Crippen LogP contribution >= 0.6 is 0 Å². The maximum absolute atomic E-state index is 12.5. The number of aryl methyl sites for hydroxylation is 1. The van der Waals surface area contributed by atoms with E-state index in [4.69, 9.17) is 4.42 Å². The minimum Gasteiger partial charge on any atom is -0.455 e. The van der Waals surface area contributed by atoms with Gasteiger partial charge >= 0.3 is 6.18 Å². The van der Waals surface area contributed by atoms with Crippen molar-refractivity contribution >= 4 is 23.3 Å². The quantitative estimate of drug-likeness (QED) is 0.829. The van der Waals surface area contributed by atoms with Gasteiger partial charge in [-0.25, -0.2) is 0 Å². The number of furan rings is 1. The van der Waals surface area contributed by atoms with Crippen molar-refractivity contribution in [2.24, 2.45) is 0 Å². The number of halogens is 3. The summed E-state index contributed by atoms with van der Waals surface area (Å²) >= 11 is 0. The third-order valence-corrected chi connectivity index (χ3v) is 4.34. The normalized spacial score (nSPS) is 13.8. The van der Waals surface area contributed by atoms with Crippen LogP contribution in [0.5, 0.6) is 0 Å². The minimum absolute atomic E-state index is 0.00664. The third kappa shape index (κ3) is 4.24. The SMILES string of the molecule is Cc1c(C(=O)Nc2cccc(C(=O)NCC(F)(F)F)c2)oc2c1C(=O)CCC2. The third-order valence-electron chi connectivity index (χ3n) is 4.34. The Labute approximate surface area is 158 Å². The molecule has 2 N–H and O–H groups in total. The molecule has 0 aliphatic heterocycles. The van der Waals surface area contributed by atoms with Crippen LogP contribution in [0.15, 0.2) is 28.7 Å². The maximum Gasteiger partial charge on any atom is 0.405 e. The zero-order valence-electron chi connectivity index (χ0n) is 14.9. The van der Waals surface area contributed by atoms with Crippen molar-refractivity contribution in [3.05, 3.63) is 52.5 Å². The fraction of sp³-hybridized carbons (Fsp3) is 0.316. The molecule has 0 saturated heterocycles. The standard InChI is InChI=1S/C19H17F3N2O4/c1-10-15-13(25)6-3-7-14(15)28-16(10)18(27)24-12-5-2-4-11(8-12)17(26)23-9-19(20,21)22/h2,4-5,8H,3,6-7,9H2,1H3,(H,23,26)(H,24,27). The van der Waals surface area contributed by atoms with Crippen molar-refractivity contribution in [1.29, 1.82) is 0 Å². The van der Waals surface area contributed by atoms with E-state index in [1.54, 1.807) is 12.2 Å². The van der Waals surface area contributed by atoms with Gasteiger partial charge < -0.3 is 15.1 Å². The Kier molecular flexibility index (Phi) is 5.26. The second-order valence-electron chi connectivity index (χ2n) is 6.46. The molecule has 1 aromatic carbocycles. The zero-order valence-corrected chi connectivity index (χ0v) is 14.9. The van der Waals surface area contributed by atoms with E-state index in [2.05, 4.69) is 5.32 Å². The summed E-state index contributed by atoms with van der Waals surface area (Å²) in [6.07, 6.45) is -2.88. The summed E-state index contributed by atoms with van der Waals surface area (Å²) in [5.41, 5.74) is 1.07. The number of rotatable bonds is 4. The predicted octanol–water partition coefficient (Wildman–Crippen LogP) is 3.65. The lowest BCUT2D eigenvalue weighted by Gasteiger charge is -2.09. The van der Waals surface area contributed by atoms with Crippen LogP contribution in [-0.4, -0.2) is 30.3 Å². The molecule has 1 aromatic heterocycles. The average Bonchev–Trinajstić information content (AvgIpc) is 2.97. The summed E-state index contributed by atoms with van der Waals surface area (Å²) in [7, 11) is 0. The first-order valence-electron chi connectivity index (χ1n) is 8.57. The lowest BCUT2D eigenvalue weighted by molar-refractivity contribution is -0.123. The summed E-state index contributed by atoms with van der Waals surface area (Å²) in [5.74, 6) is -1.09. The van der Waals surface area contributed by atoms with E-state index in [0.29, 0.717) is 36.1 Å². The van der Waals surface area contributed by atoms with Gasteiger partial charge in [0.15, 0.2) is 11.5 Å². The van der Waals surface area contributed by atoms with Gasteiger partial charge in [0.25, 0.3) is 11.8 Å². The largest absolute Gasteiger partial charge is 0.455 e. The van der Waals surface area contributed by atoms with Gasteiger partial charge in [0, 0.05) is 29.7 Å². The number of Topliss-reactive ketones (excluding diaryl/α,β-unsaturated/α-hetero) is 1. The number of anilines is 1. The molecule has 0 spiro atoms. The van der Waals surface area contributed by atoms with Gasteiger partial charge in [0.2, 0.25) is 0 Å². The van der Waals surface area contributed by atoms with E-state index in [1.807, 2.05) is 0 Å². The molecule has 1 aliphatic rings.